The van der Waals surface area contributed by atoms with Crippen LogP contribution in [0.2, 0.25) is 0 Å². The molecule has 0 aliphatic carbocycles. The number of hydrogen-bond donors (Lipinski definition) is 0. The third-order valence-electron chi connectivity index (χ3n) is 3.18. The molecule has 3 aromatic rings. The normalized spacial score (nSPS) is 10.3. The number of para-hydroxylation sites is 1. The van der Waals surface area contributed by atoms with Crippen LogP contribution in [-0.2, 0) is 0 Å². The Morgan fingerprint density at radius 1 is 1.11 bits per heavy atom. The summed E-state index contributed by atoms with van der Waals surface area (Å²) >= 11 is 0. The molecule has 0 unspecified atom stereocenters. The van der Waals surface area contributed by atoms with Crippen LogP contribution in [0.1, 0.15) is 5.56 Å². The average Bonchev–Trinajstić information content (AvgIpc) is 2.90. The average molecular weight is 248 g/mol. The van der Waals surface area contributed by atoms with Crippen LogP contribution in [-0.4, -0.2) is 11.7 Å². The first-order valence-corrected chi connectivity index (χ1v) is 5.98. The van der Waals surface area contributed by atoms with E-state index in [1.54, 1.807) is 13.2 Å². The number of methoxy groups -OCH3 is 1. The molecule has 0 atom stereocenters. The van der Waals surface area contributed by atoms with E-state index in [1.165, 1.54) is 5.39 Å². The minimum absolute atomic E-state index is 0.544. The van der Waals surface area contributed by atoms with Gasteiger partial charge in [0.05, 0.1) is 18.2 Å². The van der Waals surface area contributed by atoms with Crippen LogP contribution < -0.4 is 4.74 Å². The number of fused-ring (bicyclic) bond motifs is 1. The first kappa shape index (κ1) is 11.4. The van der Waals surface area contributed by atoms with Crippen LogP contribution in [0.4, 0.5) is 0 Å². The van der Waals surface area contributed by atoms with Gasteiger partial charge in [0.25, 0.3) is 0 Å². The van der Waals surface area contributed by atoms with E-state index in [9.17, 15) is 0 Å². The van der Waals surface area contributed by atoms with Gasteiger partial charge in [-0.15, -0.1) is 0 Å². The molecule has 0 amide bonds. The molecule has 0 saturated carbocycles. The van der Waals surface area contributed by atoms with E-state index < -0.39 is 0 Å². The lowest BCUT2D eigenvalue weighted by Crippen LogP contribution is -1.95. The summed E-state index contributed by atoms with van der Waals surface area (Å²) in [4.78, 5) is 0. The lowest BCUT2D eigenvalue weighted by Gasteiger charge is -2.08. The topological polar surface area (TPSA) is 38.0 Å². The summed E-state index contributed by atoms with van der Waals surface area (Å²) in [6.45, 7) is 0. The van der Waals surface area contributed by atoms with Crippen molar-refractivity contribution in [3.63, 3.8) is 0 Å². The maximum Gasteiger partial charge on any atom is 0.138 e. The summed E-state index contributed by atoms with van der Waals surface area (Å²) < 4.78 is 7.33. The van der Waals surface area contributed by atoms with E-state index in [1.807, 2.05) is 30.5 Å². The maximum absolute atomic E-state index is 9.01. The van der Waals surface area contributed by atoms with E-state index in [0.29, 0.717) is 11.3 Å². The van der Waals surface area contributed by atoms with Crippen molar-refractivity contribution < 1.29 is 4.74 Å². The third kappa shape index (κ3) is 1.84. The Hall–Kier alpha value is -2.73. The second kappa shape index (κ2) is 4.51. The molecule has 1 aromatic heterocycles. The fourth-order valence-electron chi connectivity index (χ4n) is 2.23. The Morgan fingerprint density at radius 2 is 1.95 bits per heavy atom. The molecule has 92 valence electrons. The Labute approximate surface area is 111 Å². The SMILES string of the molecule is COc1cc(-n2ccc3ccccc32)ccc1C#N. The molecule has 19 heavy (non-hydrogen) atoms. The van der Waals surface area contributed by atoms with Gasteiger partial charge < -0.3 is 9.30 Å². The van der Waals surface area contributed by atoms with Gasteiger partial charge in [-0.05, 0) is 29.7 Å². The molecule has 0 aliphatic rings. The van der Waals surface area contributed by atoms with Crippen molar-refractivity contribution in [3.8, 4) is 17.5 Å². The van der Waals surface area contributed by atoms with E-state index in [2.05, 4.69) is 28.8 Å². The molecule has 0 aliphatic heterocycles. The minimum Gasteiger partial charge on any atom is -0.495 e. The van der Waals surface area contributed by atoms with Gasteiger partial charge in [0, 0.05) is 18.0 Å². The zero-order valence-corrected chi connectivity index (χ0v) is 10.5. The maximum atomic E-state index is 9.01. The van der Waals surface area contributed by atoms with Gasteiger partial charge in [0.2, 0.25) is 0 Å². The molecule has 0 saturated heterocycles. The van der Waals surface area contributed by atoms with Gasteiger partial charge in [0.15, 0.2) is 0 Å². The molecule has 0 fully saturated rings. The van der Waals surface area contributed by atoms with Crippen molar-refractivity contribution >= 4 is 10.9 Å². The van der Waals surface area contributed by atoms with Crippen LogP contribution in [0, 0.1) is 11.3 Å². The number of nitriles is 1. The summed E-state index contributed by atoms with van der Waals surface area (Å²) in [7, 11) is 1.58. The lowest BCUT2D eigenvalue weighted by molar-refractivity contribution is 0.413. The van der Waals surface area contributed by atoms with Crippen molar-refractivity contribution in [2.75, 3.05) is 7.11 Å². The quantitative estimate of drug-likeness (QED) is 0.696. The van der Waals surface area contributed by atoms with Crippen LogP contribution >= 0.6 is 0 Å². The van der Waals surface area contributed by atoms with Crippen LogP contribution in [0.3, 0.4) is 0 Å². The number of nitrogens with zero attached hydrogens (tertiary/aromatic N) is 2. The van der Waals surface area contributed by atoms with Crippen LogP contribution in [0.25, 0.3) is 16.6 Å². The number of hydrogen-bond acceptors (Lipinski definition) is 2. The highest BCUT2D eigenvalue weighted by Gasteiger charge is 2.07. The van der Waals surface area contributed by atoms with Crippen LogP contribution in [0.15, 0.2) is 54.7 Å². The smallest absolute Gasteiger partial charge is 0.138 e. The van der Waals surface area contributed by atoms with Gasteiger partial charge in [-0.2, -0.15) is 5.26 Å². The molecular formula is C16H12N2O. The molecule has 0 radical (unpaired) electrons. The van der Waals surface area contributed by atoms with Gasteiger partial charge in [-0.3, -0.25) is 0 Å². The van der Waals surface area contributed by atoms with Gasteiger partial charge >= 0.3 is 0 Å². The van der Waals surface area contributed by atoms with E-state index in [-0.39, 0.29) is 0 Å². The fourth-order valence-corrected chi connectivity index (χ4v) is 2.23. The van der Waals surface area contributed by atoms with E-state index >= 15 is 0 Å². The number of rotatable bonds is 2. The van der Waals surface area contributed by atoms with Crippen molar-refractivity contribution in [1.82, 2.24) is 4.57 Å². The summed E-state index contributed by atoms with van der Waals surface area (Å²) in [5.41, 5.74) is 2.66. The largest absolute Gasteiger partial charge is 0.495 e. The third-order valence-corrected chi connectivity index (χ3v) is 3.18. The molecule has 0 N–H and O–H groups in total. The monoisotopic (exact) mass is 248 g/mol. The first-order chi connectivity index (χ1) is 9.33. The number of aromatic nitrogens is 1. The highest BCUT2D eigenvalue weighted by atomic mass is 16.5. The van der Waals surface area contributed by atoms with E-state index in [4.69, 9.17) is 10.00 Å². The highest BCUT2D eigenvalue weighted by Crippen LogP contribution is 2.25. The Balaban J connectivity index is 2.20. The Morgan fingerprint density at radius 3 is 2.74 bits per heavy atom. The summed E-state index contributed by atoms with van der Waals surface area (Å²) in [5.74, 6) is 0.595. The second-order valence-electron chi connectivity index (χ2n) is 4.24. The zero-order chi connectivity index (χ0) is 13.2. The summed E-state index contributed by atoms with van der Waals surface area (Å²) in [6, 6.07) is 18.0. The lowest BCUT2D eigenvalue weighted by atomic mass is 10.2. The predicted molar refractivity (Wildman–Crippen MR) is 74.5 cm³/mol. The first-order valence-electron chi connectivity index (χ1n) is 5.98. The Kier molecular flexibility index (Phi) is 2.70. The van der Waals surface area contributed by atoms with Crippen LogP contribution in [0.5, 0.6) is 5.75 Å². The molecule has 1 heterocycles. The fraction of sp³-hybridized carbons (Fsp3) is 0.0625. The summed E-state index contributed by atoms with van der Waals surface area (Å²) in [6.07, 6.45) is 2.02. The molecule has 2 aromatic carbocycles. The standard InChI is InChI=1S/C16H12N2O/c1-19-16-10-14(7-6-13(16)11-17)18-9-8-12-4-2-3-5-15(12)18/h2-10H,1H3. The molecular weight excluding hydrogens is 236 g/mol. The predicted octanol–water partition coefficient (Wildman–Crippen LogP) is 3.51. The van der Waals surface area contributed by atoms with Gasteiger partial charge in [0.1, 0.15) is 11.8 Å². The second-order valence-corrected chi connectivity index (χ2v) is 4.24. The van der Waals surface area contributed by atoms with Crippen molar-refractivity contribution in [1.29, 1.82) is 5.26 Å². The van der Waals surface area contributed by atoms with Gasteiger partial charge in [-0.25, -0.2) is 0 Å². The number of benzene rings is 2. The highest BCUT2D eigenvalue weighted by molar-refractivity contribution is 5.82. The molecule has 0 bridgehead atoms. The van der Waals surface area contributed by atoms with Crippen molar-refractivity contribution in [2.45, 2.75) is 0 Å². The number of ether oxygens (including phenoxy) is 1. The van der Waals surface area contributed by atoms with Crippen molar-refractivity contribution in [2.24, 2.45) is 0 Å². The van der Waals surface area contributed by atoms with E-state index in [0.717, 1.165) is 11.2 Å². The Bertz CT molecular complexity index is 781. The van der Waals surface area contributed by atoms with Crippen molar-refractivity contribution in [3.05, 3.63) is 60.3 Å². The summed E-state index contributed by atoms with van der Waals surface area (Å²) in [5, 5.41) is 10.2. The molecule has 3 heteroatoms. The molecule has 0 spiro atoms. The minimum atomic E-state index is 0.544. The molecule has 3 rings (SSSR count). The molecule has 3 nitrogen and oxygen atoms in total. The zero-order valence-electron chi connectivity index (χ0n) is 10.5. The van der Waals surface area contributed by atoms with Gasteiger partial charge in [-0.1, -0.05) is 18.2 Å².